The monoisotopic (exact) mass is 377 g/mol. The van der Waals surface area contributed by atoms with Crippen LogP contribution < -0.4 is 5.32 Å². The van der Waals surface area contributed by atoms with Gasteiger partial charge in [-0.3, -0.25) is 4.79 Å². The maximum atomic E-state index is 12.4. The Kier molecular flexibility index (Phi) is 4.60. The molecule has 1 amide bonds. The molecular formula is C21H16ClN3O2. The Morgan fingerprint density at radius 1 is 1.07 bits per heavy atom. The minimum Gasteiger partial charge on any atom is -0.418 e. The molecule has 0 aliphatic rings. The summed E-state index contributed by atoms with van der Waals surface area (Å²) in [4.78, 5) is 21.3. The molecule has 0 radical (unpaired) electrons. The summed E-state index contributed by atoms with van der Waals surface area (Å²) in [5.74, 6) is 0.330. The van der Waals surface area contributed by atoms with E-state index in [0.29, 0.717) is 33.5 Å². The number of carbonyl (C=O) groups excluding carboxylic acids is 1. The van der Waals surface area contributed by atoms with E-state index in [0.717, 1.165) is 11.1 Å². The minimum atomic E-state index is -0.167. The highest BCUT2D eigenvalue weighted by molar-refractivity contribution is 6.31. The Morgan fingerprint density at radius 2 is 1.81 bits per heavy atom. The van der Waals surface area contributed by atoms with E-state index in [2.05, 4.69) is 15.3 Å². The van der Waals surface area contributed by atoms with Crippen LogP contribution >= 0.6 is 11.6 Å². The van der Waals surface area contributed by atoms with Crippen LogP contribution in [0.5, 0.6) is 0 Å². The number of oxazole rings is 1. The zero-order chi connectivity index (χ0) is 18.8. The molecule has 0 bridgehead atoms. The maximum absolute atomic E-state index is 12.4. The average Bonchev–Trinajstić information content (AvgIpc) is 3.07. The number of fused-ring (bicyclic) bond motifs is 1. The van der Waals surface area contributed by atoms with Crippen molar-refractivity contribution in [3.05, 3.63) is 76.9 Å². The van der Waals surface area contributed by atoms with Crippen molar-refractivity contribution in [3.63, 3.8) is 0 Å². The number of carbonyl (C=O) groups is 1. The quantitative estimate of drug-likeness (QED) is 0.541. The van der Waals surface area contributed by atoms with Crippen molar-refractivity contribution >= 4 is 34.4 Å². The summed E-state index contributed by atoms with van der Waals surface area (Å²) in [6.45, 7) is 1.81. The number of nitrogens with one attached hydrogen (secondary N) is 1. The third-order valence-corrected chi connectivity index (χ3v) is 4.55. The van der Waals surface area contributed by atoms with Gasteiger partial charge in [0.25, 0.3) is 0 Å². The van der Waals surface area contributed by atoms with Crippen molar-refractivity contribution in [1.82, 2.24) is 9.97 Å². The van der Waals surface area contributed by atoms with Crippen LogP contribution in [0.2, 0.25) is 5.02 Å². The first kappa shape index (κ1) is 17.2. The zero-order valence-corrected chi connectivity index (χ0v) is 15.3. The first-order valence-corrected chi connectivity index (χ1v) is 8.85. The standard InChI is InChI=1S/C21H16ClN3O2/c1-13-17(24-19(26)11-15-9-5-6-10-16(15)22)12-18-21(23-13)27-20(25-18)14-7-3-2-4-8-14/h2-10,12H,11H2,1H3,(H,24,26). The Morgan fingerprint density at radius 3 is 2.59 bits per heavy atom. The van der Waals surface area contributed by atoms with Gasteiger partial charge >= 0.3 is 0 Å². The van der Waals surface area contributed by atoms with Crippen LogP contribution in [0.3, 0.4) is 0 Å². The smallest absolute Gasteiger partial charge is 0.247 e. The predicted octanol–water partition coefficient (Wildman–Crippen LogP) is 5.03. The molecule has 1 N–H and O–H groups in total. The van der Waals surface area contributed by atoms with Gasteiger partial charge in [0.15, 0.2) is 0 Å². The van der Waals surface area contributed by atoms with Gasteiger partial charge in [0.2, 0.25) is 17.5 Å². The number of hydrogen-bond donors (Lipinski definition) is 1. The van der Waals surface area contributed by atoms with E-state index < -0.39 is 0 Å². The van der Waals surface area contributed by atoms with Crippen LogP contribution in [0.1, 0.15) is 11.3 Å². The topological polar surface area (TPSA) is 68.0 Å². The van der Waals surface area contributed by atoms with Gasteiger partial charge in [0.05, 0.1) is 17.8 Å². The van der Waals surface area contributed by atoms with Crippen molar-refractivity contribution in [2.24, 2.45) is 0 Å². The van der Waals surface area contributed by atoms with E-state index in [1.54, 1.807) is 12.1 Å². The van der Waals surface area contributed by atoms with Crippen LogP contribution in [-0.2, 0) is 11.2 Å². The number of aryl methyl sites for hydroxylation is 1. The lowest BCUT2D eigenvalue weighted by molar-refractivity contribution is -0.115. The Hall–Kier alpha value is -3.18. The van der Waals surface area contributed by atoms with Crippen molar-refractivity contribution in [2.75, 3.05) is 5.32 Å². The second-order valence-electron chi connectivity index (χ2n) is 6.15. The summed E-state index contributed by atoms with van der Waals surface area (Å²) in [5, 5.41) is 3.46. The predicted molar refractivity (Wildman–Crippen MR) is 106 cm³/mol. The van der Waals surface area contributed by atoms with Crippen LogP contribution in [0.25, 0.3) is 22.7 Å². The molecule has 4 aromatic rings. The summed E-state index contributed by atoms with van der Waals surface area (Å²) < 4.78 is 5.75. The highest BCUT2D eigenvalue weighted by Crippen LogP contribution is 2.26. The third kappa shape index (κ3) is 3.68. The molecular weight excluding hydrogens is 362 g/mol. The van der Waals surface area contributed by atoms with Gasteiger partial charge in [-0.15, -0.1) is 0 Å². The lowest BCUT2D eigenvalue weighted by atomic mass is 10.1. The number of pyridine rings is 1. The van der Waals surface area contributed by atoms with Crippen molar-refractivity contribution < 1.29 is 9.21 Å². The lowest BCUT2D eigenvalue weighted by Crippen LogP contribution is -2.15. The minimum absolute atomic E-state index is 0.167. The molecule has 134 valence electrons. The fraction of sp³-hybridized carbons (Fsp3) is 0.0952. The van der Waals surface area contributed by atoms with Gasteiger partial charge in [-0.25, -0.2) is 9.97 Å². The first-order valence-electron chi connectivity index (χ1n) is 8.47. The highest BCUT2D eigenvalue weighted by atomic mass is 35.5. The third-order valence-electron chi connectivity index (χ3n) is 4.18. The van der Waals surface area contributed by atoms with Crippen LogP contribution in [0, 0.1) is 6.92 Å². The molecule has 0 aliphatic heterocycles. The molecule has 0 unspecified atom stereocenters. The second kappa shape index (κ2) is 7.21. The first-order chi connectivity index (χ1) is 13.1. The SMILES string of the molecule is Cc1nc2oc(-c3ccccc3)nc2cc1NC(=O)Cc1ccccc1Cl. The number of rotatable bonds is 4. The molecule has 2 heterocycles. The number of aromatic nitrogens is 2. The molecule has 2 aromatic heterocycles. The highest BCUT2D eigenvalue weighted by Gasteiger charge is 2.14. The molecule has 0 fully saturated rings. The Labute approximate surface area is 161 Å². The van der Waals surface area contributed by atoms with Crippen LogP contribution in [0.4, 0.5) is 5.69 Å². The normalized spacial score (nSPS) is 10.9. The van der Waals surface area contributed by atoms with E-state index in [9.17, 15) is 4.79 Å². The largest absolute Gasteiger partial charge is 0.418 e. The van der Waals surface area contributed by atoms with Gasteiger partial charge in [-0.05, 0) is 36.8 Å². The molecule has 6 heteroatoms. The van der Waals surface area contributed by atoms with Gasteiger partial charge in [0, 0.05) is 10.6 Å². The number of amides is 1. The molecule has 0 saturated heterocycles. The molecule has 0 atom stereocenters. The summed E-state index contributed by atoms with van der Waals surface area (Å²) in [7, 11) is 0. The van der Waals surface area contributed by atoms with Gasteiger partial charge < -0.3 is 9.73 Å². The molecule has 0 aliphatic carbocycles. The van der Waals surface area contributed by atoms with Crippen molar-refractivity contribution in [1.29, 1.82) is 0 Å². The molecule has 5 nitrogen and oxygen atoms in total. The maximum Gasteiger partial charge on any atom is 0.247 e. The average molecular weight is 378 g/mol. The molecule has 0 saturated carbocycles. The fourth-order valence-corrected chi connectivity index (χ4v) is 2.99. The lowest BCUT2D eigenvalue weighted by Gasteiger charge is -2.08. The number of hydrogen-bond acceptors (Lipinski definition) is 4. The van der Waals surface area contributed by atoms with Crippen LogP contribution in [0.15, 0.2) is 65.1 Å². The molecule has 27 heavy (non-hydrogen) atoms. The van der Waals surface area contributed by atoms with E-state index in [1.807, 2.05) is 55.5 Å². The molecule has 4 rings (SSSR count). The summed E-state index contributed by atoms with van der Waals surface area (Å²) in [6.07, 6.45) is 0.186. The zero-order valence-electron chi connectivity index (χ0n) is 14.6. The number of nitrogens with zero attached hydrogens (tertiary/aromatic N) is 2. The van der Waals surface area contributed by atoms with E-state index in [-0.39, 0.29) is 12.3 Å². The number of halogens is 1. The van der Waals surface area contributed by atoms with Gasteiger partial charge in [-0.1, -0.05) is 48.0 Å². The Bertz CT molecular complexity index is 1120. The Balaban J connectivity index is 1.59. The number of anilines is 1. The van der Waals surface area contributed by atoms with Gasteiger partial charge in [0.1, 0.15) is 5.52 Å². The summed E-state index contributed by atoms with van der Waals surface area (Å²) in [5.41, 5.74) is 3.94. The van der Waals surface area contributed by atoms with Crippen molar-refractivity contribution in [3.8, 4) is 11.5 Å². The second-order valence-corrected chi connectivity index (χ2v) is 6.55. The van der Waals surface area contributed by atoms with E-state index in [1.165, 1.54) is 0 Å². The van der Waals surface area contributed by atoms with E-state index >= 15 is 0 Å². The van der Waals surface area contributed by atoms with E-state index in [4.69, 9.17) is 16.0 Å². The summed E-state index contributed by atoms with van der Waals surface area (Å²) in [6, 6.07) is 18.7. The van der Waals surface area contributed by atoms with Crippen LogP contribution in [-0.4, -0.2) is 15.9 Å². The van der Waals surface area contributed by atoms with Gasteiger partial charge in [-0.2, -0.15) is 0 Å². The van der Waals surface area contributed by atoms with Crippen molar-refractivity contribution in [2.45, 2.75) is 13.3 Å². The molecule has 2 aromatic carbocycles. The summed E-state index contributed by atoms with van der Waals surface area (Å²) >= 11 is 6.13. The fourth-order valence-electron chi connectivity index (χ4n) is 2.79. The molecule has 0 spiro atoms. The number of benzene rings is 2.